The van der Waals surface area contributed by atoms with Gasteiger partial charge in [0.1, 0.15) is 5.76 Å². The van der Waals surface area contributed by atoms with E-state index in [1.54, 1.807) is 0 Å². The number of hydrogen-bond donors (Lipinski definition) is 2. The van der Waals surface area contributed by atoms with E-state index in [0.29, 0.717) is 0 Å². The van der Waals surface area contributed by atoms with Crippen LogP contribution < -0.4 is 5.73 Å². The van der Waals surface area contributed by atoms with Gasteiger partial charge < -0.3 is 15.2 Å². The molecule has 0 radical (unpaired) electrons. The molecule has 0 aromatic rings. The summed E-state index contributed by atoms with van der Waals surface area (Å²) in [6, 6.07) is -0.542. The number of methoxy groups -OCH3 is 2. The van der Waals surface area contributed by atoms with Crippen LogP contribution in [0.3, 0.4) is 0 Å². The van der Waals surface area contributed by atoms with E-state index in [1.165, 1.54) is 26.4 Å². The van der Waals surface area contributed by atoms with Crippen molar-refractivity contribution in [2.24, 2.45) is 5.73 Å². The monoisotopic (exact) mass is 235 g/mol. The van der Waals surface area contributed by atoms with Crippen LogP contribution in [0, 0.1) is 0 Å². The Balaban J connectivity index is 3.25. The van der Waals surface area contributed by atoms with Crippen molar-refractivity contribution < 1.29 is 22.4 Å². The molecule has 0 bridgehead atoms. The summed E-state index contributed by atoms with van der Waals surface area (Å²) in [6.45, 7) is 0. The molecule has 1 rings (SSSR count). The van der Waals surface area contributed by atoms with E-state index in [-0.39, 0.29) is 5.76 Å². The van der Waals surface area contributed by atoms with Crippen molar-refractivity contribution in [3.05, 3.63) is 24.0 Å². The van der Waals surface area contributed by atoms with Crippen LogP contribution in [0.4, 0.5) is 0 Å². The van der Waals surface area contributed by atoms with E-state index in [1.807, 2.05) is 0 Å². The molecule has 1 aliphatic carbocycles. The molecule has 2 atom stereocenters. The molecule has 6 nitrogen and oxygen atoms in total. The van der Waals surface area contributed by atoms with E-state index in [9.17, 15) is 8.42 Å². The number of nitrogens with two attached hydrogens (primary N) is 1. The Morgan fingerprint density at radius 1 is 1.53 bits per heavy atom. The summed E-state index contributed by atoms with van der Waals surface area (Å²) < 4.78 is 41.0. The summed E-state index contributed by atoms with van der Waals surface area (Å²) in [6.07, 6.45) is 3.69. The van der Waals surface area contributed by atoms with Gasteiger partial charge in [-0.3, -0.25) is 4.55 Å². The largest absolute Gasteiger partial charge is 0.499 e. The topological polar surface area (TPSA) is 98.8 Å². The SMILES string of the molecule is COC1=CC(OC)(S(=O)(=O)O)C=CC1N. The van der Waals surface area contributed by atoms with Crippen molar-refractivity contribution in [2.45, 2.75) is 11.0 Å². The van der Waals surface area contributed by atoms with Crippen molar-refractivity contribution in [3.8, 4) is 0 Å². The van der Waals surface area contributed by atoms with Gasteiger partial charge in [0.2, 0.25) is 4.93 Å². The molecular weight excluding hydrogens is 222 g/mol. The molecular formula is C8H13NO5S. The van der Waals surface area contributed by atoms with Crippen LogP contribution >= 0.6 is 0 Å². The van der Waals surface area contributed by atoms with Gasteiger partial charge in [0.15, 0.2) is 0 Å². The number of rotatable bonds is 3. The molecule has 0 heterocycles. The summed E-state index contributed by atoms with van der Waals surface area (Å²) in [7, 11) is -1.90. The molecule has 86 valence electrons. The fourth-order valence-corrected chi connectivity index (χ4v) is 1.99. The number of hydrogen-bond acceptors (Lipinski definition) is 5. The van der Waals surface area contributed by atoms with Crippen LogP contribution in [0.25, 0.3) is 0 Å². The Labute approximate surface area is 88.1 Å². The molecule has 0 spiro atoms. The smallest absolute Gasteiger partial charge is 0.303 e. The maximum Gasteiger partial charge on any atom is 0.303 e. The Bertz CT molecular complexity index is 399. The molecule has 0 aliphatic heterocycles. The lowest BCUT2D eigenvalue weighted by Crippen LogP contribution is -2.41. The van der Waals surface area contributed by atoms with Crippen molar-refractivity contribution in [1.29, 1.82) is 0 Å². The lowest BCUT2D eigenvalue weighted by atomic mass is 10.1. The van der Waals surface area contributed by atoms with E-state index >= 15 is 0 Å². The minimum absolute atomic E-state index is 0.219. The van der Waals surface area contributed by atoms with Gasteiger partial charge in [0.05, 0.1) is 13.2 Å². The Kier molecular flexibility index (Phi) is 3.19. The average molecular weight is 235 g/mol. The van der Waals surface area contributed by atoms with Gasteiger partial charge in [-0.2, -0.15) is 8.42 Å². The van der Waals surface area contributed by atoms with E-state index < -0.39 is 21.1 Å². The minimum atomic E-state index is -4.42. The lowest BCUT2D eigenvalue weighted by molar-refractivity contribution is 0.122. The standard InChI is InChI=1S/C8H13NO5S/c1-13-7-5-8(14-2,15(10,11)12)4-3-6(7)9/h3-6H,9H2,1-2H3,(H,10,11,12). The van der Waals surface area contributed by atoms with Crippen LogP contribution in [0.5, 0.6) is 0 Å². The highest BCUT2D eigenvalue weighted by molar-refractivity contribution is 7.87. The highest BCUT2D eigenvalue weighted by Gasteiger charge is 2.42. The summed E-state index contributed by atoms with van der Waals surface area (Å²) in [5, 5.41) is 0. The van der Waals surface area contributed by atoms with Crippen LogP contribution in [0.2, 0.25) is 0 Å². The van der Waals surface area contributed by atoms with Crippen LogP contribution in [-0.4, -0.2) is 38.2 Å². The first-order valence-electron chi connectivity index (χ1n) is 4.10. The predicted octanol–water partition coefficient (Wildman–Crippen LogP) is -0.356. The van der Waals surface area contributed by atoms with E-state index in [0.717, 1.165) is 6.08 Å². The highest BCUT2D eigenvalue weighted by Crippen LogP contribution is 2.28. The Morgan fingerprint density at radius 2 is 2.13 bits per heavy atom. The zero-order valence-electron chi connectivity index (χ0n) is 8.38. The van der Waals surface area contributed by atoms with E-state index in [2.05, 4.69) is 0 Å². The van der Waals surface area contributed by atoms with Gasteiger partial charge in [0, 0.05) is 13.2 Å². The quantitative estimate of drug-likeness (QED) is 0.512. The average Bonchev–Trinajstić information content (AvgIpc) is 2.17. The van der Waals surface area contributed by atoms with Crippen molar-refractivity contribution in [3.63, 3.8) is 0 Å². The second-order valence-corrected chi connectivity index (χ2v) is 4.62. The maximum absolute atomic E-state index is 11.1. The normalized spacial score (nSPS) is 31.2. The molecule has 15 heavy (non-hydrogen) atoms. The first-order valence-corrected chi connectivity index (χ1v) is 5.54. The van der Waals surface area contributed by atoms with E-state index in [4.69, 9.17) is 19.8 Å². The number of ether oxygens (including phenoxy) is 2. The van der Waals surface area contributed by atoms with Crippen LogP contribution in [-0.2, 0) is 19.6 Å². The molecule has 0 saturated carbocycles. The minimum Gasteiger partial charge on any atom is -0.499 e. The second kappa shape index (κ2) is 3.93. The fraction of sp³-hybridized carbons (Fsp3) is 0.500. The summed E-state index contributed by atoms with van der Waals surface area (Å²) >= 11 is 0. The van der Waals surface area contributed by atoms with Crippen molar-refractivity contribution in [1.82, 2.24) is 0 Å². The molecule has 0 aromatic carbocycles. The summed E-state index contributed by atoms with van der Waals surface area (Å²) in [4.78, 5) is -1.91. The predicted molar refractivity (Wildman–Crippen MR) is 53.5 cm³/mol. The molecule has 3 N–H and O–H groups in total. The van der Waals surface area contributed by atoms with Gasteiger partial charge in [-0.05, 0) is 6.08 Å². The highest BCUT2D eigenvalue weighted by atomic mass is 32.2. The second-order valence-electron chi connectivity index (χ2n) is 3.04. The Hall–Kier alpha value is -0.890. The summed E-state index contributed by atoms with van der Waals surface area (Å²) in [5.74, 6) is 0.219. The first kappa shape index (κ1) is 12.2. The molecule has 0 saturated heterocycles. The molecule has 0 fully saturated rings. The van der Waals surface area contributed by atoms with Gasteiger partial charge in [-0.25, -0.2) is 0 Å². The Morgan fingerprint density at radius 3 is 2.53 bits per heavy atom. The van der Waals surface area contributed by atoms with Crippen molar-refractivity contribution in [2.75, 3.05) is 14.2 Å². The third-order valence-electron chi connectivity index (χ3n) is 2.17. The lowest BCUT2D eigenvalue weighted by Gasteiger charge is -2.28. The van der Waals surface area contributed by atoms with Gasteiger partial charge >= 0.3 is 10.1 Å². The van der Waals surface area contributed by atoms with Gasteiger partial charge in [0.25, 0.3) is 0 Å². The third kappa shape index (κ3) is 2.05. The zero-order chi connectivity index (χ0) is 11.7. The zero-order valence-corrected chi connectivity index (χ0v) is 9.19. The molecule has 2 unspecified atom stereocenters. The van der Waals surface area contributed by atoms with Crippen LogP contribution in [0.1, 0.15) is 0 Å². The van der Waals surface area contributed by atoms with Gasteiger partial charge in [-0.15, -0.1) is 0 Å². The summed E-state index contributed by atoms with van der Waals surface area (Å²) in [5.41, 5.74) is 5.60. The fourth-order valence-electron chi connectivity index (χ4n) is 1.26. The molecule has 0 amide bonds. The van der Waals surface area contributed by atoms with Crippen LogP contribution in [0.15, 0.2) is 24.0 Å². The molecule has 1 aliphatic rings. The third-order valence-corrected chi connectivity index (χ3v) is 3.39. The van der Waals surface area contributed by atoms with Crippen molar-refractivity contribution >= 4 is 10.1 Å². The van der Waals surface area contributed by atoms with Gasteiger partial charge in [-0.1, -0.05) is 6.08 Å². The first-order chi connectivity index (χ1) is 6.86. The molecule has 0 aromatic heterocycles. The maximum atomic E-state index is 11.1. The molecule has 7 heteroatoms.